The second-order valence-electron chi connectivity index (χ2n) is 4.15. The van der Waals surface area contributed by atoms with Crippen molar-refractivity contribution in [2.75, 3.05) is 0 Å². The molecule has 0 amide bonds. The van der Waals surface area contributed by atoms with E-state index in [-0.39, 0.29) is 11.4 Å². The topological polar surface area (TPSA) is 56.7 Å². The first-order valence-corrected chi connectivity index (χ1v) is 6.38. The zero-order valence-electron chi connectivity index (χ0n) is 10.2. The smallest absolute Gasteiger partial charge is 0.228 e. The molecule has 0 saturated carbocycles. The average molecular weight is 299 g/mol. The van der Waals surface area contributed by atoms with Gasteiger partial charge in [0.1, 0.15) is 17.2 Å². The number of halogens is 3. The van der Waals surface area contributed by atoms with E-state index >= 15 is 0 Å². The number of hydrogen-bond acceptors (Lipinski definition) is 4. The molecule has 1 aromatic carbocycles. The molecule has 0 unspecified atom stereocenters. The molecular weight excluding hydrogens is 290 g/mol. The van der Waals surface area contributed by atoms with Crippen LogP contribution in [0.3, 0.4) is 0 Å². The molecular formula is C12H9ClF2N4O. The van der Waals surface area contributed by atoms with E-state index in [2.05, 4.69) is 15.1 Å². The van der Waals surface area contributed by atoms with Crippen LogP contribution in [-0.2, 0) is 18.8 Å². The molecule has 0 aliphatic carbocycles. The van der Waals surface area contributed by atoms with Crippen LogP contribution in [0.5, 0.6) is 0 Å². The van der Waals surface area contributed by atoms with Crippen molar-refractivity contribution in [3.63, 3.8) is 0 Å². The minimum atomic E-state index is -0.706. The van der Waals surface area contributed by atoms with Crippen LogP contribution in [-0.4, -0.2) is 19.7 Å². The van der Waals surface area contributed by atoms with E-state index in [4.69, 9.17) is 16.1 Å². The Bertz CT molecular complexity index is 742. The molecule has 0 aliphatic rings. The normalized spacial score (nSPS) is 11.3. The highest BCUT2D eigenvalue weighted by Crippen LogP contribution is 2.22. The number of rotatable bonds is 4. The van der Waals surface area contributed by atoms with Gasteiger partial charge in [0.2, 0.25) is 5.89 Å². The Morgan fingerprint density at radius 1 is 1.30 bits per heavy atom. The van der Waals surface area contributed by atoms with Crippen LogP contribution < -0.4 is 0 Å². The number of imidazole rings is 1. The van der Waals surface area contributed by atoms with Crippen LogP contribution in [0.15, 0.2) is 23.0 Å². The number of hydrogen-bond donors (Lipinski definition) is 0. The quantitative estimate of drug-likeness (QED) is 0.695. The first kappa shape index (κ1) is 13.0. The first-order valence-electron chi connectivity index (χ1n) is 5.84. The van der Waals surface area contributed by atoms with Crippen LogP contribution >= 0.6 is 11.6 Å². The predicted molar refractivity (Wildman–Crippen MR) is 67.2 cm³/mol. The number of aryl methyl sites for hydroxylation is 2. The molecule has 8 heteroatoms. The van der Waals surface area contributed by atoms with Crippen molar-refractivity contribution in [1.82, 2.24) is 19.7 Å². The summed E-state index contributed by atoms with van der Waals surface area (Å²) in [5, 5.41) is 3.50. The molecule has 0 saturated heterocycles. The van der Waals surface area contributed by atoms with Gasteiger partial charge in [-0.2, -0.15) is 4.98 Å². The summed E-state index contributed by atoms with van der Waals surface area (Å²) in [5.41, 5.74) is 0.463. The van der Waals surface area contributed by atoms with Crippen LogP contribution in [0.4, 0.5) is 8.78 Å². The van der Waals surface area contributed by atoms with Gasteiger partial charge in [-0.25, -0.2) is 13.8 Å². The predicted octanol–water partition coefficient (Wildman–Crippen LogP) is 2.68. The van der Waals surface area contributed by atoms with E-state index in [1.54, 1.807) is 4.57 Å². The van der Waals surface area contributed by atoms with Gasteiger partial charge in [0.15, 0.2) is 12.1 Å². The molecule has 2 heterocycles. The fourth-order valence-corrected chi connectivity index (χ4v) is 2.27. The summed E-state index contributed by atoms with van der Waals surface area (Å²) in [6, 6.07) is 2.03. The van der Waals surface area contributed by atoms with Crippen molar-refractivity contribution in [2.24, 2.45) is 0 Å². The number of aromatic nitrogens is 4. The van der Waals surface area contributed by atoms with Gasteiger partial charge in [-0.3, -0.25) is 0 Å². The van der Waals surface area contributed by atoms with Gasteiger partial charge in [-0.1, -0.05) is 5.16 Å². The van der Waals surface area contributed by atoms with Crippen molar-refractivity contribution in [3.05, 3.63) is 41.8 Å². The zero-order chi connectivity index (χ0) is 14.1. The standard InChI is InChI=1S/C12H9ClF2N4O/c13-5-10-18-12-8(15)3-7(14)4-9(12)19(10)2-1-11-16-6-17-20-11/h3-4,6H,1-2,5H2. The molecule has 20 heavy (non-hydrogen) atoms. The minimum absolute atomic E-state index is 0.0968. The van der Waals surface area contributed by atoms with Crippen LogP contribution in [0.1, 0.15) is 11.7 Å². The first-order chi connectivity index (χ1) is 9.69. The van der Waals surface area contributed by atoms with Crippen molar-refractivity contribution in [3.8, 4) is 0 Å². The van der Waals surface area contributed by atoms with Crippen molar-refractivity contribution in [2.45, 2.75) is 18.8 Å². The maximum absolute atomic E-state index is 13.7. The van der Waals surface area contributed by atoms with Crippen molar-refractivity contribution >= 4 is 22.6 Å². The highest BCUT2D eigenvalue weighted by atomic mass is 35.5. The maximum Gasteiger partial charge on any atom is 0.228 e. The molecule has 0 spiro atoms. The monoisotopic (exact) mass is 298 g/mol. The highest BCUT2D eigenvalue weighted by Gasteiger charge is 2.15. The molecule has 3 rings (SSSR count). The number of alkyl halides is 1. The Kier molecular flexibility index (Phi) is 3.35. The number of benzene rings is 1. The summed E-state index contributed by atoms with van der Waals surface area (Å²) in [7, 11) is 0. The molecule has 3 aromatic rings. The number of fused-ring (bicyclic) bond motifs is 1. The SMILES string of the molecule is Fc1cc(F)c2nc(CCl)n(CCc3ncno3)c2c1. The zero-order valence-corrected chi connectivity index (χ0v) is 10.9. The number of nitrogens with zero attached hydrogens (tertiary/aromatic N) is 4. The van der Waals surface area contributed by atoms with Gasteiger partial charge in [-0.15, -0.1) is 11.6 Å². The molecule has 0 aliphatic heterocycles. The Morgan fingerprint density at radius 2 is 2.15 bits per heavy atom. The van der Waals surface area contributed by atoms with E-state index < -0.39 is 11.6 Å². The van der Waals surface area contributed by atoms with E-state index in [0.29, 0.717) is 30.2 Å². The second kappa shape index (κ2) is 5.16. The molecule has 0 fully saturated rings. The summed E-state index contributed by atoms with van der Waals surface area (Å²) >= 11 is 5.81. The van der Waals surface area contributed by atoms with E-state index in [1.807, 2.05) is 0 Å². The van der Waals surface area contributed by atoms with Crippen molar-refractivity contribution in [1.29, 1.82) is 0 Å². The van der Waals surface area contributed by atoms with Gasteiger partial charge in [0.05, 0.1) is 11.4 Å². The van der Waals surface area contributed by atoms with Gasteiger partial charge in [0.25, 0.3) is 0 Å². The lowest BCUT2D eigenvalue weighted by atomic mass is 10.3. The van der Waals surface area contributed by atoms with Gasteiger partial charge >= 0.3 is 0 Å². The lowest BCUT2D eigenvalue weighted by Crippen LogP contribution is -2.05. The fourth-order valence-electron chi connectivity index (χ4n) is 2.06. The lowest BCUT2D eigenvalue weighted by molar-refractivity contribution is 0.371. The highest BCUT2D eigenvalue weighted by molar-refractivity contribution is 6.16. The van der Waals surface area contributed by atoms with E-state index in [0.717, 1.165) is 6.07 Å². The van der Waals surface area contributed by atoms with Crippen LogP contribution in [0, 0.1) is 11.6 Å². The molecule has 2 aromatic heterocycles. The molecule has 0 bridgehead atoms. The molecule has 0 atom stereocenters. The third-order valence-corrected chi connectivity index (χ3v) is 3.17. The van der Waals surface area contributed by atoms with Gasteiger partial charge in [0, 0.05) is 19.0 Å². The summed E-state index contributed by atoms with van der Waals surface area (Å²) in [6.07, 6.45) is 1.72. The largest absolute Gasteiger partial charge is 0.340 e. The van der Waals surface area contributed by atoms with Crippen molar-refractivity contribution < 1.29 is 13.3 Å². The molecule has 104 valence electrons. The van der Waals surface area contributed by atoms with Gasteiger partial charge < -0.3 is 9.09 Å². The third kappa shape index (κ3) is 2.24. The van der Waals surface area contributed by atoms with Gasteiger partial charge in [-0.05, 0) is 6.07 Å². The summed E-state index contributed by atoms with van der Waals surface area (Å²) in [5.74, 6) is -0.368. The summed E-state index contributed by atoms with van der Waals surface area (Å²) in [6.45, 7) is 0.392. The fraction of sp³-hybridized carbons (Fsp3) is 0.250. The Balaban J connectivity index is 2.03. The third-order valence-electron chi connectivity index (χ3n) is 2.93. The maximum atomic E-state index is 13.7. The van der Waals surface area contributed by atoms with E-state index in [1.165, 1.54) is 12.4 Å². The Labute approximate surface area is 117 Å². The van der Waals surface area contributed by atoms with E-state index in [9.17, 15) is 8.78 Å². The second-order valence-corrected chi connectivity index (χ2v) is 4.42. The Hall–Kier alpha value is -2.02. The minimum Gasteiger partial charge on any atom is -0.340 e. The molecule has 5 nitrogen and oxygen atoms in total. The van der Waals surface area contributed by atoms with Crippen LogP contribution in [0.2, 0.25) is 0 Å². The van der Waals surface area contributed by atoms with Crippen LogP contribution in [0.25, 0.3) is 11.0 Å². The summed E-state index contributed by atoms with van der Waals surface area (Å²) in [4.78, 5) is 7.99. The average Bonchev–Trinajstić information content (AvgIpc) is 3.03. The lowest BCUT2D eigenvalue weighted by Gasteiger charge is -2.05. The molecule has 0 N–H and O–H groups in total. The Morgan fingerprint density at radius 3 is 2.85 bits per heavy atom. The molecule has 0 radical (unpaired) electrons. The summed E-state index contributed by atoms with van der Waals surface area (Å²) < 4.78 is 33.6.